The first-order valence-corrected chi connectivity index (χ1v) is 6.31. The maximum Gasteiger partial charge on any atom is 0.244 e. The molecule has 2 atom stereocenters. The quantitative estimate of drug-likeness (QED) is 0.836. The van der Waals surface area contributed by atoms with Crippen LogP contribution in [0.1, 0.15) is 18.1 Å². The molecule has 1 fully saturated rings. The third kappa shape index (κ3) is 2.89. The number of rotatable bonds is 2. The van der Waals surface area contributed by atoms with E-state index in [2.05, 4.69) is 16.7 Å². The highest BCUT2D eigenvalue weighted by molar-refractivity contribution is 5.96. The van der Waals surface area contributed by atoms with Gasteiger partial charge in [0.15, 0.2) is 0 Å². The number of carbonyl (C=O) groups is 1. The number of anilines is 1. The van der Waals surface area contributed by atoms with E-state index < -0.39 is 0 Å². The van der Waals surface area contributed by atoms with Crippen LogP contribution in [0.5, 0.6) is 0 Å². The molecule has 0 bridgehead atoms. The lowest BCUT2D eigenvalue weighted by atomic mass is 10.1. The second-order valence-electron chi connectivity index (χ2n) is 4.82. The third-order valence-electron chi connectivity index (χ3n) is 3.24. The van der Waals surface area contributed by atoms with Gasteiger partial charge in [0.25, 0.3) is 0 Å². The summed E-state index contributed by atoms with van der Waals surface area (Å²) in [6, 6.07) is 5.72. The van der Waals surface area contributed by atoms with Crippen LogP contribution in [0.25, 0.3) is 0 Å². The molecule has 0 unspecified atom stereocenters. The summed E-state index contributed by atoms with van der Waals surface area (Å²) in [5, 5.41) is 6.14. The molecule has 18 heavy (non-hydrogen) atoms. The van der Waals surface area contributed by atoms with Crippen molar-refractivity contribution in [1.29, 1.82) is 0 Å². The molecule has 0 saturated carbocycles. The zero-order chi connectivity index (χ0) is 13.1. The van der Waals surface area contributed by atoms with Crippen LogP contribution < -0.4 is 10.6 Å². The number of ether oxygens (including phenoxy) is 1. The van der Waals surface area contributed by atoms with E-state index in [4.69, 9.17) is 4.74 Å². The van der Waals surface area contributed by atoms with Crippen molar-refractivity contribution in [3.05, 3.63) is 29.3 Å². The minimum Gasteiger partial charge on any atom is -0.375 e. The molecule has 1 amide bonds. The lowest BCUT2D eigenvalue weighted by Crippen LogP contribution is -2.53. The number of hydrogen-bond donors (Lipinski definition) is 2. The van der Waals surface area contributed by atoms with Crippen molar-refractivity contribution in [1.82, 2.24) is 5.32 Å². The van der Waals surface area contributed by atoms with Crippen LogP contribution in [-0.4, -0.2) is 31.2 Å². The largest absolute Gasteiger partial charge is 0.375 e. The van der Waals surface area contributed by atoms with Crippen molar-refractivity contribution < 1.29 is 9.53 Å². The van der Waals surface area contributed by atoms with Gasteiger partial charge in [-0.3, -0.25) is 4.79 Å². The van der Waals surface area contributed by atoms with Gasteiger partial charge in [-0.15, -0.1) is 0 Å². The number of morpholine rings is 1. The van der Waals surface area contributed by atoms with Gasteiger partial charge in [-0.2, -0.15) is 0 Å². The molecular weight excluding hydrogens is 228 g/mol. The first-order chi connectivity index (χ1) is 8.58. The van der Waals surface area contributed by atoms with E-state index in [9.17, 15) is 4.79 Å². The molecule has 4 nitrogen and oxygen atoms in total. The van der Waals surface area contributed by atoms with Crippen molar-refractivity contribution in [3.63, 3.8) is 0 Å². The molecule has 1 saturated heterocycles. The Bertz CT molecular complexity index is 445. The Labute approximate surface area is 108 Å². The predicted octanol–water partition coefficient (Wildman–Crippen LogP) is 1.62. The van der Waals surface area contributed by atoms with E-state index in [0.29, 0.717) is 6.61 Å². The molecule has 2 N–H and O–H groups in total. The van der Waals surface area contributed by atoms with Crippen molar-refractivity contribution >= 4 is 11.6 Å². The molecule has 1 aliphatic heterocycles. The van der Waals surface area contributed by atoms with Gasteiger partial charge in [0.1, 0.15) is 6.04 Å². The van der Waals surface area contributed by atoms with Gasteiger partial charge >= 0.3 is 0 Å². The van der Waals surface area contributed by atoms with Crippen LogP contribution in [-0.2, 0) is 9.53 Å². The Hall–Kier alpha value is -1.39. The van der Waals surface area contributed by atoms with E-state index in [1.54, 1.807) is 0 Å². The number of aryl methyl sites for hydroxylation is 2. The Morgan fingerprint density at radius 2 is 2.22 bits per heavy atom. The molecule has 4 heteroatoms. The average molecular weight is 248 g/mol. The number of nitrogens with one attached hydrogen (secondary N) is 2. The maximum absolute atomic E-state index is 12.2. The summed E-state index contributed by atoms with van der Waals surface area (Å²) in [6.07, 6.45) is -0.0931. The number of hydrogen-bond acceptors (Lipinski definition) is 3. The first-order valence-electron chi connectivity index (χ1n) is 6.31. The molecule has 1 aliphatic rings. The van der Waals surface area contributed by atoms with Gasteiger partial charge in [-0.1, -0.05) is 17.7 Å². The fraction of sp³-hybridized carbons (Fsp3) is 0.500. The minimum atomic E-state index is -0.278. The van der Waals surface area contributed by atoms with Gasteiger partial charge < -0.3 is 15.4 Å². The monoisotopic (exact) mass is 248 g/mol. The van der Waals surface area contributed by atoms with E-state index in [-0.39, 0.29) is 18.1 Å². The molecule has 0 spiro atoms. The van der Waals surface area contributed by atoms with Crippen LogP contribution in [0.15, 0.2) is 18.2 Å². The second-order valence-corrected chi connectivity index (χ2v) is 4.82. The summed E-state index contributed by atoms with van der Waals surface area (Å²) >= 11 is 0. The van der Waals surface area contributed by atoms with Gasteiger partial charge in [-0.05, 0) is 32.4 Å². The molecule has 98 valence electrons. The fourth-order valence-corrected chi connectivity index (χ4v) is 2.19. The minimum absolute atomic E-state index is 0.0332. The van der Waals surface area contributed by atoms with Crippen molar-refractivity contribution in [2.45, 2.75) is 32.9 Å². The number of benzene rings is 1. The summed E-state index contributed by atoms with van der Waals surface area (Å²) < 4.78 is 5.48. The molecular formula is C14H20N2O2. The third-order valence-corrected chi connectivity index (χ3v) is 3.24. The van der Waals surface area contributed by atoms with Crippen LogP contribution >= 0.6 is 0 Å². The van der Waals surface area contributed by atoms with E-state index in [1.165, 1.54) is 5.56 Å². The van der Waals surface area contributed by atoms with E-state index in [0.717, 1.165) is 17.8 Å². The molecule has 0 aliphatic carbocycles. The average Bonchev–Trinajstić information content (AvgIpc) is 2.33. The number of carbonyl (C=O) groups excluding carboxylic acids is 1. The van der Waals surface area contributed by atoms with Gasteiger partial charge in [0.2, 0.25) is 5.91 Å². The Morgan fingerprint density at radius 3 is 2.89 bits per heavy atom. The Balaban J connectivity index is 2.06. The second kappa shape index (κ2) is 5.50. The molecule has 0 aromatic heterocycles. The van der Waals surface area contributed by atoms with Gasteiger partial charge in [-0.25, -0.2) is 0 Å². The zero-order valence-electron chi connectivity index (χ0n) is 11.1. The first kappa shape index (κ1) is 13.1. The van der Waals surface area contributed by atoms with Crippen LogP contribution in [0.2, 0.25) is 0 Å². The molecule has 1 aromatic carbocycles. The molecule has 0 radical (unpaired) electrons. The van der Waals surface area contributed by atoms with Gasteiger partial charge in [0.05, 0.1) is 12.7 Å². The van der Waals surface area contributed by atoms with E-state index >= 15 is 0 Å². The summed E-state index contributed by atoms with van der Waals surface area (Å²) in [7, 11) is 0. The lowest BCUT2D eigenvalue weighted by Gasteiger charge is -2.29. The van der Waals surface area contributed by atoms with Crippen LogP contribution in [0, 0.1) is 13.8 Å². The van der Waals surface area contributed by atoms with Gasteiger partial charge in [0, 0.05) is 12.2 Å². The zero-order valence-corrected chi connectivity index (χ0v) is 11.1. The molecule has 1 aromatic rings. The smallest absolute Gasteiger partial charge is 0.244 e. The normalized spacial score (nSPS) is 23.7. The molecule has 2 rings (SSSR count). The van der Waals surface area contributed by atoms with Crippen molar-refractivity contribution in [2.24, 2.45) is 0 Å². The highest BCUT2D eigenvalue weighted by atomic mass is 16.5. The van der Waals surface area contributed by atoms with Crippen molar-refractivity contribution in [3.8, 4) is 0 Å². The summed E-state index contributed by atoms with van der Waals surface area (Å²) in [5.41, 5.74) is 3.14. The maximum atomic E-state index is 12.2. The number of amides is 1. The standard InChI is InChI=1S/C14H20N2O2/c1-9-4-5-12(10(2)8-9)16-14(17)13-11(3)18-7-6-15-13/h4-5,8,11,13,15H,6-7H2,1-3H3,(H,16,17)/t11-,13+/m1/s1. The SMILES string of the molecule is Cc1ccc(NC(=O)[C@H]2NCCO[C@@H]2C)c(C)c1. The topological polar surface area (TPSA) is 50.4 Å². The summed E-state index contributed by atoms with van der Waals surface area (Å²) in [4.78, 5) is 12.2. The fourth-order valence-electron chi connectivity index (χ4n) is 2.19. The summed E-state index contributed by atoms with van der Waals surface area (Å²) in [6.45, 7) is 7.33. The lowest BCUT2D eigenvalue weighted by molar-refractivity contribution is -0.123. The summed E-state index contributed by atoms with van der Waals surface area (Å²) in [5.74, 6) is -0.0332. The highest BCUT2D eigenvalue weighted by Gasteiger charge is 2.28. The van der Waals surface area contributed by atoms with Crippen molar-refractivity contribution in [2.75, 3.05) is 18.5 Å². The molecule has 1 heterocycles. The Kier molecular flexibility index (Phi) is 3.99. The Morgan fingerprint density at radius 1 is 1.44 bits per heavy atom. The highest BCUT2D eigenvalue weighted by Crippen LogP contribution is 2.17. The van der Waals surface area contributed by atoms with Crippen LogP contribution in [0.3, 0.4) is 0 Å². The predicted molar refractivity (Wildman–Crippen MR) is 71.8 cm³/mol. The van der Waals surface area contributed by atoms with E-state index in [1.807, 2.05) is 32.9 Å². The van der Waals surface area contributed by atoms with Crippen LogP contribution in [0.4, 0.5) is 5.69 Å².